The molecular formula is C21H24FN3O. The average Bonchev–Trinajstić information content (AvgIpc) is 2.86. The zero-order valence-electron chi connectivity index (χ0n) is 14.7. The minimum atomic E-state index is -0.191. The number of urea groups is 1. The van der Waals surface area contributed by atoms with E-state index < -0.39 is 0 Å². The predicted molar refractivity (Wildman–Crippen MR) is 100 cm³/mol. The van der Waals surface area contributed by atoms with Gasteiger partial charge in [-0.25, -0.2) is 9.18 Å². The molecule has 2 aliphatic heterocycles. The van der Waals surface area contributed by atoms with E-state index in [9.17, 15) is 9.18 Å². The molecule has 2 amide bonds. The number of hydrogen-bond donors (Lipinski definition) is 2. The van der Waals surface area contributed by atoms with Gasteiger partial charge in [0.15, 0.2) is 0 Å². The standard InChI is InChI=1S/C21H24FN3O/c22-16-8-6-15(7-9-16)14-25-19-10-11-20(25)13-18(12-19)24-21(26)23-17-4-2-1-3-5-17/h1-9,18-20H,10-14H2,(H2,23,24,26)/t19-,20-/m1/s1. The molecule has 0 aliphatic carbocycles. The van der Waals surface area contributed by atoms with E-state index in [1.165, 1.54) is 25.0 Å². The number of nitrogens with zero attached hydrogens (tertiary/aromatic N) is 1. The van der Waals surface area contributed by atoms with E-state index in [0.717, 1.165) is 30.6 Å². The smallest absolute Gasteiger partial charge is 0.319 e. The van der Waals surface area contributed by atoms with Crippen LogP contribution in [0.1, 0.15) is 31.2 Å². The maximum atomic E-state index is 13.1. The average molecular weight is 353 g/mol. The Labute approximate surface area is 153 Å². The molecule has 4 nitrogen and oxygen atoms in total. The summed E-state index contributed by atoms with van der Waals surface area (Å²) in [6.45, 7) is 0.860. The number of hydrogen-bond acceptors (Lipinski definition) is 2. The Morgan fingerprint density at radius 3 is 2.31 bits per heavy atom. The van der Waals surface area contributed by atoms with Crippen molar-refractivity contribution in [2.75, 3.05) is 5.32 Å². The third-order valence-electron chi connectivity index (χ3n) is 5.53. The first-order valence-electron chi connectivity index (χ1n) is 9.30. The molecule has 0 saturated carbocycles. The lowest BCUT2D eigenvalue weighted by molar-refractivity contribution is 0.112. The van der Waals surface area contributed by atoms with Gasteiger partial charge in [-0.1, -0.05) is 30.3 Å². The van der Waals surface area contributed by atoms with Crippen LogP contribution in [0.3, 0.4) is 0 Å². The highest BCUT2D eigenvalue weighted by molar-refractivity contribution is 5.89. The van der Waals surface area contributed by atoms with E-state index in [-0.39, 0.29) is 17.9 Å². The van der Waals surface area contributed by atoms with E-state index in [2.05, 4.69) is 15.5 Å². The zero-order valence-corrected chi connectivity index (χ0v) is 14.7. The number of para-hydroxylation sites is 1. The van der Waals surface area contributed by atoms with Gasteiger partial charge in [-0.2, -0.15) is 0 Å². The molecule has 2 aromatic carbocycles. The zero-order chi connectivity index (χ0) is 17.9. The first kappa shape index (κ1) is 17.0. The number of carbonyl (C=O) groups is 1. The number of amides is 2. The molecule has 2 atom stereocenters. The molecule has 2 N–H and O–H groups in total. The monoisotopic (exact) mass is 353 g/mol. The summed E-state index contributed by atoms with van der Waals surface area (Å²) in [6.07, 6.45) is 4.29. The van der Waals surface area contributed by atoms with E-state index in [1.54, 1.807) is 0 Å². The van der Waals surface area contributed by atoms with Gasteiger partial charge in [-0.05, 0) is 55.5 Å². The summed E-state index contributed by atoms with van der Waals surface area (Å²) in [5.41, 5.74) is 1.96. The van der Waals surface area contributed by atoms with Gasteiger partial charge in [-0.15, -0.1) is 0 Å². The molecule has 2 saturated heterocycles. The number of fused-ring (bicyclic) bond motifs is 2. The van der Waals surface area contributed by atoms with Gasteiger partial charge < -0.3 is 10.6 Å². The quantitative estimate of drug-likeness (QED) is 0.867. The van der Waals surface area contributed by atoms with Crippen LogP contribution in [0.2, 0.25) is 0 Å². The molecule has 2 heterocycles. The Hall–Kier alpha value is -2.40. The number of nitrogens with one attached hydrogen (secondary N) is 2. The van der Waals surface area contributed by atoms with Gasteiger partial charge in [0.05, 0.1) is 0 Å². The van der Waals surface area contributed by atoms with Crippen molar-refractivity contribution in [2.24, 2.45) is 0 Å². The van der Waals surface area contributed by atoms with Crippen LogP contribution < -0.4 is 10.6 Å². The highest BCUT2D eigenvalue weighted by atomic mass is 19.1. The van der Waals surface area contributed by atoms with Crippen LogP contribution in [0.5, 0.6) is 0 Å². The van der Waals surface area contributed by atoms with Crippen LogP contribution in [0, 0.1) is 5.82 Å². The molecule has 0 unspecified atom stereocenters. The summed E-state index contributed by atoms with van der Waals surface area (Å²) < 4.78 is 13.1. The Kier molecular flexibility index (Phi) is 4.89. The minimum Gasteiger partial charge on any atom is -0.335 e. The fraction of sp³-hybridized carbons (Fsp3) is 0.381. The van der Waals surface area contributed by atoms with Crippen molar-refractivity contribution in [3.63, 3.8) is 0 Å². The molecule has 26 heavy (non-hydrogen) atoms. The van der Waals surface area contributed by atoms with Gasteiger partial charge in [0.25, 0.3) is 0 Å². The fourth-order valence-corrected chi connectivity index (χ4v) is 4.32. The van der Waals surface area contributed by atoms with E-state index in [4.69, 9.17) is 0 Å². The molecule has 5 heteroatoms. The lowest BCUT2D eigenvalue weighted by Crippen LogP contribution is -2.50. The topological polar surface area (TPSA) is 44.4 Å². The summed E-state index contributed by atoms with van der Waals surface area (Å²) >= 11 is 0. The van der Waals surface area contributed by atoms with Crippen molar-refractivity contribution in [1.29, 1.82) is 0 Å². The lowest BCUT2D eigenvalue weighted by atomic mass is 9.96. The maximum Gasteiger partial charge on any atom is 0.319 e. The van der Waals surface area contributed by atoms with E-state index in [1.807, 2.05) is 42.5 Å². The second kappa shape index (κ2) is 7.46. The Morgan fingerprint density at radius 2 is 1.65 bits per heavy atom. The first-order valence-corrected chi connectivity index (χ1v) is 9.30. The molecular weight excluding hydrogens is 329 g/mol. The highest BCUT2D eigenvalue weighted by Gasteiger charge is 2.40. The third kappa shape index (κ3) is 3.88. The number of rotatable bonds is 4. The number of halogens is 1. The molecule has 0 aromatic heterocycles. The lowest BCUT2D eigenvalue weighted by Gasteiger charge is -2.39. The summed E-state index contributed by atoms with van der Waals surface area (Å²) in [4.78, 5) is 14.8. The van der Waals surface area contributed by atoms with Crippen LogP contribution in [0.4, 0.5) is 14.9 Å². The van der Waals surface area contributed by atoms with Gasteiger partial charge >= 0.3 is 6.03 Å². The summed E-state index contributed by atoms with van der Waals surface area (Å²) in [7, 11) is 0. The van der Waals surface area contributed by atoms with Gasteiger partial charge in [-0.3, -0.25) is 4.90 Å². The van der Waals surface area contributed by atoms with Crippen LogP contribution in [-0.2, 0) is 6.54 Å². The van der Waals surface area contributed by atoms with Gasteiger partial charge in [0.1, 0.15) is 5.82 Å². The van der Waals surface area contributed by atoms with Gasteiger partial charge in [0.2, 0.25) is 0 Å². The molecule has 2 bridgehead atoms. The number of benzene rings is 2. The minimum absolute atomic E-state index is 0.132. The van der Waals surface area contributed by atoms with Crippen molar-refractivity contribution in [3.05, 3.63) is 66.0 Å². The van der Waals surface area contributed by atoms with Crippen molar-refractivity contribution in [3.8, 4) is 0 Å². The molecule has 4 rings (SSSR count). The van der Waals surface area contributed by atoms with Gasteiger partial charge in [0, 0.05) is 30.4 Å². The summed E-state index contributed by atoms with van der Waals surface area (Å²) in [5, 5.41) is 6.03. The van der Waals surface area contributed by atoms with Crippen molar-refractivity contribution < 1.29 is 9.18 Å². The summed E-state index contributed by atoms with van der Waals surface area (Å²) in [5.74, 6) is -0.191. The van der Waals surface area contributed by atoms with E-state index in [0.29, 0.717) is 12.1 Å². The molecule has 0 spiro atoms. The number of piperidine rings is 1. The van der Waals surface area contributed by atoms with Crippen molar-refractivity contribution >= 4 is 11.7 Å². The Bertz CT molecular complexity index is 736. The second-order valence-corrected chi connectivity index (χ2v) is 7.32. The molecule has 2 aromatic rings. The first-order chi connectivity index (χ1) is 12.7. The fourth-order valence-electron chi connectivity index (χ4n) is 4.32. The number of carbonyl (C=O) groups excluding carboxylic acids is 1. The second-order valence-electron chi connectivity index (χ2n) is 7.32. The predicted octanol–water partition coefficient (Wildman–Crippen LogP) is 4.14. The highest BCUT2D eigenvalue weighted by Crippen LogP contribution is 2.36. The molecule has 2 fully saturated rings. The van der Waals surface area contributed by atoms with Crippen molar-refractivity contribution in [1.82, 2.24) is 10.2 Å². The van der Waals surface area contributed by atoms with Crippen LogP contribution in [0.25, 0.3) is 0 Å². The van der Waals surface area contributed by atoms with E-state index >= 15 is 0 Å². The third-order valence-corrected chi connectivity index (χ3v) is 5.53. The van der Waals surface area contributed by atoms with Crippen LogP contribution in [0.15, 0.2) is 54.6 Å². The molecule has 136 valence electrons. The molecule has 2 aliphatic rings. The van der Waals surface area contributed by atoms with Crippen LogP contribution >= 0.6 is 0 Å². The molecule has 0 radical (unpaired) electrons. The maximum absolute atomic E-state index is 13.1. The Morgan fingerprint density at radius 1 is 1.00 bits per heavy atom. The Balaban J connectivity index is 1.33. The van der Waals surface area contributed by atoms with Crippen molar-refractivity contribution in [2.45, 2.75) is 50.4 Å². The normalized spacial score (nSPS) is 25.0. The number of anilines is 1. The van der Waals surface area contributed by atoms with Crippen LogP contribution in [-0.4, -0.2) is 29.1 Å². The largest absolute Gasteiger partial charge is 0.335 e. The summed E-state index contributed by atoms with van der Waals surface area (Å²) in [6, 6.07) is 17.3. The SMILES string of the molecule is O=C(Nc1ccccc1)NC1C[C@H]2CC[C@H](C1)N2Cc1ccc(F)cc1.